The smallest absolute Gasteiger partial charge is 0.320 e. The van der Waals surface area contributed by atoms with Crippen molar-refractivity contribution in [2.45, 2.75) is 26.3 Å². The SMILES string of the molecule is CC1CCN(C(=O)N(CCN)Cc2ccccc2)CC1.Cl. The van der Waals surface area contributed by atoms with Crippen LogP contribution in [0.4, 0.5) is 4.79 Å². The summed E-state index contributed by atoms with van der Waals surface area (Å²) < 4.78 is 0. The van der Waals surface area contributed by atoms with Gasteiger partial charge in [0.2, 0.25) is 0 Å². The lowest BCUT2D eigenvalue weighted by molar-refractivity contribution is 0.133. The van der Waals surface area contributed by atoms with E-state index in [1.54, 1.807) is 0 Å². The van der Waals surface area contributed by atoms with Crippen LogP contribution in [-0.4, -0.2) is 42.0 Å². The van der Waals surface area contributed by atoms with Crippen molar-refractivity contribution in [2.24, 2.45) is 11.7 Å². The fraction of sp³-hybridized carbons (Fsp3) is 0.562. The third-order valence-corrected chi connectivity index (χ3v) is 3.94. The second-order valence-electron chi connectivity index (χ2n) is 5.65. The topological polar surface area (TPSA) is 49.6 Å². The lowest BCUT2D eigenvalue weighted by Gasteiger charge is -2.35. The fourth-order valence-electron chi connectivity index (χ4n) is 2.60. The lowest BCUT2D eigenvalue weighted by Crippen LogP contribution is -2.47. The highest BCUT2D eigenvalue weighted by molar-refractivity contribution is 5.85. The highest BCUT2D eigenvalue weighted by Crippen LogP contribution is 2.18. The van der Waals surface area contributed by atoms with Gasteiger partial charge >= 0.3 is 6.03 Å². The molecule has 2 N–H and O–H groups in total. The zero-order chi connectivity index (χ0) is 14.4. The molecule has 0 spiro atoms. The number of halogens is 1. The molecular weight excluding hydrogens is 286 g/mol. The van der Waals surface area contributed by atoms with Crippen molar-refractivity contribution in [1.29, 1.82) is 0 Å². The molecular formula is C16H26ClN3O. The molecule has 5 heteroatoms. The molecule has 1 aliphatic rings. The van der Waals surface area contributed by atoms with E-state index in [0.717, 1.165) is 37.4 Å². The van der Waals surface area contributed by atoms with Gasteiger partial charge in [0.25, 0.3) is 0 Å². The highest BCUT2D eigenvalue weighted by Gasteiger charge is 2.24. The van der Waals surface area contributed by atoms with E-state index >= 15 is 0 Å². The summed E-state index contributed by atoms with van der Waals surface area (Å²) in [4.78, 5) is 16.4. The molecule has 21 heavy (non-hydrogen) atoms. The molecule has 0 atom stereocenters. The minimum absolute atomic E-state index is 0. The number of hydrogen-bond donors (Lipinski definition) is 1. The van der Waals surface area contributed by atoms with Crippen molar-refractivity contribution in [3.05, 3.63) is 35.9 Å². The normalized spacial score (nSPS) is 15.4. The van der Waals surface area contributed by atoms with E-state index < -0.39 is 0 Å². The largest absolute Gasteiger partial charge is 0.329 e. The number of amides is 2. The molecule has 0 aromatic heterocycles. The Morgan fingerprint density at radius 2 is 1.90 bits per heavy atom. The number of carbonyl (C=O) groups excluding carboxylic acids is 1. The zero-order valence-electron chi connectivity index (χ0n) is 12.7. The molecule has 1 aromatic rings. The van der Waals surface area contributed by atoms with Crippen molar-refractivity contribution < 1.29 is 4.79 Å². The number of urea groups is 1. The van der Waals surface area contributed by atoms with E-state index in [9.17, 15) is 4.79 Å². The Morgan fingerprint density at radius 3 is 2.48 bits per heavy atom. The second-order valence-corrected chi connectivity index (χ2v) is 5.65. The number of rotatable bonds is 4. The van der Waals surface area contributed by atoms with Crippen LogP contribution in [0.15, 0.2) is 30.3 Å². The predicted octanol–water partition coefficient (Wildman–Crippen LogP) is 2.72. The Labute approximate surface area is 133 Å². The molecule has 0 aliphatic carbocycles. The first-order valence-corrected chi connectivity index (χ1v) is 7.48. The van der Waals surface area contributed by atoms with Gasteiger partial charge in [-0.3, -0.25) is 0 Å². The predicted molar refractivity (Wildman–Crippen MR) is 88.5 cm³/mol. The quantitative estimate of drug-likeness (QED) is 0.929. The Kier molecular flexibility index (Phi) is 7.54. The van der Waals surface area contributed by atoms with Gasteiger partial charge in [0, 0.05) is 32.7 Å². The zero-order valence-corrected chi connectivity index (χ0v) is 13.5. The van der Waals surface area contributed by atoms with Gasteiger partial charge in [0.1, 0.15) is 0 Å². The van der Waals surface area contributed by atoms with Crippen molar-refractivity contribution in [2.75, 3.05) is 26.2 Å². The molecule has 0 radical (unpaired) electrons. The summed E-state index contributed by atoms with van der Waals surface area (Å²) in [5, 5.41) is 0. The molecule has 2 rings (SSSR count). The van der Waals surface area contributed by atoms with Crippen LogP contribution in [0.2, 0.25) is 0 Å². The Bertz CT molecular complexity index is 419. The first-order chi connectivity index (χ1) is 9.70. The molecule has 1 aromatic carbocycles. The highest BCUT2D eigenvalue weighted by atomic mass is 35.5. The summed E-state index contributed by atoms with van der Waals surface area (Å²) >= 11 is 0. The number of hydrogen-bond acceptors (Lipinski definition) is 2. The monoisotopic (exact) mass is 311 g/mol. The number of carbonyl (C=O) groups is 1. The minimum Gasteiger partial charge on any atom is -0.329 e. The van der Waals surface area contributed by atoms with E-state index in [2.05, 4.69) is 19.1 Å². The maximum Gasteiger partial charge on any atom is 0.320 e. The Hall–Kier alpha value is -1.26. The van der Waals surface area contributed by atoms with E-state index in [4.69, 9.17) is 5.73 Å². The van der Waals surface area contributed by atoms with Crippen LogP contribution in [0, 0.1) is 5.92 Å². The maximum absolute atomic E-state index is 12.6. The van der Waals surface area contributed by atoms with Crippen molar-refractivity contribution in [1.82, 2.24) is 9.80 Å². The van der Waals surface area contributed by atoms with Gasteiger partial charge in [0.05, 0.1) is 0 Å². The first kappa shape index (κ1) is 17.8. The van der Waals surface area contributed by atoms with Gasteiger partial charge in [0.15, 0.2) is 0 Å². The van der Waals surface area contributed by atoms with Gasteiger partial charge in [-0.15, -0.1) is 12.4 Å². The van der Waals surface area contributed by atoms with Crippen LogP contribution in [0.5, 0.6) is 0 Å². The molecule has 4 nitrogen and oxygen atoms in total. The van der Waals surface area contributed by atoms with Gasteiger partial charge in [-0.05, 0) is 24.3 Å². The lowest BCUT2D eigenvalue weighted by atomic mass is 9.99. The summed E-state index contributed by atoms with van der Waals surface area (Å²) in [6, 6.07) is 10.2. The molecule has 0 unspecified atom stereocenters. The number of benzene rings is 1. The van der Waals surface area contributed by atoms with Crippen molar-refractivity contribution in [3.8, 4) is 0 Å². The summed E-state index contributed by atoms with van der Waals surface area (Å²) in [6.45, 7) is 5.75. The fourth-order valence-corrected chi connectivity index (χ4v) is 2.60. The van der Waals surface area contributed by atoms with E-state index in [1.807, 2.05) is 28.0 Å². The summed E-state index contributed by atoms with van der Waals surface area (Å²) in [5.74, 6) is 0.733. The third kappa shape index (κ3) is 5.21. The number of piperidine rings is 1. The number of likely N-dealkylation sites (tertiary alicyclic amines) is 1. The molecule has 118 valence electrons. The van der Waals surface area contributed by atoms with Gasteiger partial charge in [-0.25, -0.2) is 4.79 Å². The van der Waals surface area contributed by atoms with Crippen LogP contribution in [0.25, 0.3) is 0 Å². The molecule has 1 saturated heterocycles. The van der Waals surface area contributed by atoms with E-state index in [0.29, 0.717) is 19.6 Å². The average molecular weight is 312 g/mol. The van der Waals surface area contributed by atoms with Gasteiger partial charge in [-0.1, -0.05) is 37.3 Å². The van der Waals surface area contributed by atoms with Gasteiger partial charge < -0.3 is 15.5 Å². The summed E-state index contributed by atoms with van der Waals surface area (Å²) in [7, 11) is 0. The van der Waals surface area contributed by atoms with Crippen LogP contribution in [0.1, 0.15) is 25.3 Å². The van der Waals surface area contributed by atoms with E-state index in [-0.39, 0.29) is 18.4 Å². The maximum atomic E-state index is 12.6. The number of nitrogens with zero attached hydrogens (tertiary/aromatic N) is 2. The Balaban J connectivity index is 0.00000220. The summed E-state index contributed by atoms with van der Waals surface area (Å²) in [5.41, 5.74) is 6.81. The molecule has 2 amide bonds. The van der Waals surface area contributed by atoms with Gasteiger partial charge in [-0.2, -0.15) is 0 Å². The molecule has 1 aliphatic heterocycles. The Morgan fingerprint density at radius 1 is 1.29 bits per heavy atom. The van der Waals surface area contributed by atoms with Crippen LogP contribution >= 0.6 is 12.4 Å². The van der Waals surface area contributed by atoms with Crippen molar-refractivity contribution in [3.63, 3.8) is 0 Å². The van der Waals surface area contributed by atoms with Crippen LogP contribution in [0.3, 0.4) is 0 Å². The number of nitrogens with two attached hydrogens (primary N) is 1. The minimum atomic E-state index is 0. The van der Waals surface area contributed by atoms with Crippen molar-refractivity contribution >= 4 is 18.4 Å². The molecule has 0 bridgehead atoms. The average Bonchev–Trinajstić information content (AvgIpc) is 2.48. The molecule has 0 saturated carbocycles. The van der Waals surface area contributed by atoms with E-state index in [1.165, 1.54) is 0 Å². The standard InChI is InChI=1S/C16H25N3O.ClH/c1-14-7-10-18(11-8-14)16(20)19(12-9-17)13-15-5-3-2-4-6-15;/h2-6,14H,7-13,17H2,1H3;1H. The second kappa shape index (κ2) is 8.90. The third-order valence-electron chi connectivity index (χ3n) is 3.94. The molecule has 1 heterocycles. The summed E-state index contributed by atoms with van der Waals surface area (Å²) in [6.07, 6.45) is 2.21. The first-order valence-electron chi connectivity index (χ1n) is 7.48. The van der Waals surface area contributed by atoms with Crippen LogP contribution in [-0.2, 0) is 6.54 Å². The molecule has 1 fully saturated rings. The van der Waals surface area contributed by atoms with Crippen LogP contribution < -0.4 is 5.73 Å².